The molecule has 0 saturated carbocycles. The lowest BCUT2D eigenvalue weighted by atomic mass is 9.95. The molecule has 33 heavy (non-hydrogen) atoms. The van der Waals surface area contributed by atoms with Gasteiger partial charge in [-0.2, -0.15) is 0 Å². The number of carbonyl (C=O) groups is 2. The molecule has 2 amide bonds. The molecule has 1 aliphatic heterocycles. The monoisotopic (exact) mass is 441 g/mol. The van der Waals surface area contributed by atoms with Crippen molar-refractivity contribution in [2.24, 2.45) is 0 Å². The Balaban J connectivity index is 1.73. The standard InChI is InChI=1S/C27H27N3O3/c1-30-18-17-23(28-26(31)20-9-5-3-6-10-20)24(29-27(32)21-11-7-4-8-12-21)25(30)19-13-15-22(33-2)16-14-19/h3-16,25H,17-18H2,1-2H3,(H,28,31)(H,29,32). The first-order valence-electron chi connectivity index (χ1n) is 10.9. The highest BCUT2D eigenvalue weighted by Crippen LogP contribution is 2.33. The predicted octanol–water partition coefficient (Wildman–Crippen LogP) is 4.14. The van der Waals surface area contributed by atoms with Gasteiger partial charge in [0.25, 0.3) is 11.8 Å². The van der Waals surface area contributed by atoms with Crippen molar-refractivity contribution in [1.29, 1.82) is 0 Å². The molecule has 0 saturated heterocycles. The van der Waals surface area contributed by atoms with E-state index in [1.54, 1.807) is 31.4 Å². The SMILES string of the molecule is COc1ccc(C2C(NC(=O)c3ccccc3)=C(NC(=O)c3ccccc3)CCN2C)cc1. The molecule has 0 bridgehead atoms. The van der Waals surface area contributed by atoms with Crippen LogP contribution < -0.4 is 15.4 Å². The first-order chi connectivity index (χ1) is 16.1. The highest BCUT2D eigenvalue weighted by atomic mass is 16.5. The summed E-state index contributed by atoms with van der Waals surface area (Å²) in [6, 6.07) is 25.7. The van der Waals surface area contributed by atoms with E-state index in [1.165, 1.54) is 0 Å². The lowest BCUT2D eigenvalue weighted by Gasteiger charge is -2.37. The van der Waals surface area contributed by atoms with E-state index in [0.29, 0.717) is 28.9 Å². The summed E-state index contributed by atoms with van der Waals surface area (Å²) >= 11 is 0. The van der Waals surface area contributed by atoms with E-state index in [0.717, 1.165) is 17.9 Å². The molecule has 0 fully saturated rings. The number of carbonyl (C=O) groups excluding carboxylic acids is 2. The minimum Gasteiger partial charge on any atom is -0.497 e. The van der Waals surface area contributed by atoms with Gasteiger partial charge < -0.3 is 15.4 Å². The van der Waals surface area contributed by atoms with Gasteiger partial charge in [-0.3, -0.25) is 14.5 Å². The number of likely N-dealkylation sites (N-methyl/N-ethyl adjacent to an activating group) is 1. The number of ether oxygens (including phenoxy) is 1. The summed E-state index contributed by atoms with van der Waals surface area (Å²) < 4.78 is 5.30. The molecular formula is C27H27N3O3. The molecule has 0 aromatic heterocycles. The molecule has 3 aromatic carbocycles. The Morgan fingerprint density at radius 2 is 1.36 bits per heavy atom. The summed E-state index contributed by atoms with van der Waals surface area (Å²) in [5.41, 5.74) is 3.51. The molecule has 1 unspecified atom stereocenters. The average Bonchev–Trinajstić information content (AvgIpc) is 2.87. The van der Waals surface area contributed by atoms with Crippen molar-refractivity contribution in [3.8, 4) is 5.75 Å². The van der Waals surface area contributed by atoms with Crippen LogP contribution in [0, 0.1) is 0 Å². The topological polar surface area (TPSA) is 70.7 Å². The van der Waals surface area contributed by atoms with Crippen molar-refractivity contribution >= 4 is 11.8 Å². The third-order valence-corrected chi connectivity index (χ3v) is 5.77. The molecule has 1 heterocycles. The summed E-state index contributed by atoms with van der Waals surface area (Å²) in [5, 5.41) is 6.16. The number of nitrogens with one attached hydrogen (secondary N) is 2. The molecule has 168 valence electrons. The molecule has 1 atom stereocenters. The Labute approximate surface area is 193 Å². The van der Waals surface area contributed by atoms with Gasteiger partial charge in [-0.15, -0.1) is 0 Å². The third kappa shape index (κ3) is 5.13. The van der Waals surface area contributed by atoms with Crippen molar-refractivity contribution in [3.63, 3.8) is 0 Å². The summed E-state index contributed by atoms with van der Waals surface area (Å²) in [6.07, 6.45) is 0.603. The Hall–Kier alpha value is -3.90. The van der Waals surface area contributed by atoms with Gasteiger partial charge in [0.05, 0.1) is 18.8 Å². The quantitative estimate of drug-likeness (QED) is 0.603. The van der Waals surface area contributed by atoms with Crippen LogP contribution in [-0.2, 0) is 0 Å². The predicted molar refractivity (Wildman–Crippen MR) is 128 cm³/mol. The Morgan fingerprint density at radius 1 is 0.818 bits per heavy atom. The van der Waals surface area contributed by atoms with Crippen molar-refractivity contribution in [1.82, 2.24) is 15.5 Å². The zero-order chi connectivity index (χ0) is 23.2. The molecule has 6 heteroatoms. The summed E-state index contributed by atoms with van der Waals surface area (Å²) in [5.74, 6) is 0.342. The maximum absolute atomic E-state index is 13.1. The summed E-state index contributed by atoms with van der Waals surface area (Å²) in [7, 11) is 3.64. The van der Waals surface area contributed by atoms with Crippen LogP contribution >= 0.6 is 0 Å². The van der Waals surface area contributed by atoms with Crippen LogP contribution in [0.3, 0.4) is 0 Å². The maximum Gasteiger partial charge on any atom is 0.255 e. The first kappa shape index (κ1) is 22.3. The number of rotatable bonds is 6. The van der Waals surface area contributed by atoms with Crippen LogP contribution in [0.5, 0.6) is 5.75 Å². The van der Waals surface area contributed by atoms with Gasteiger partial charge in [0, 0.05) is 29.8 Å². The van der Waals surface area contributed by atoms with Crippen LogP contribution in [0.4, 0.5) is 0 Å². The first-order valence-corrected chi connectivity index (χ1v) is 10.9. The minimum atomic E-state index is -0.233. The number of benzene rings is 3. The van der Waals surface area contributed by atoms with Gasteiger partial charge in [0.1, 0.15) is 5.75 Å². The molecule has 1 aliphatic rings. The van der Waals surface area contributed by atoms with Gasteiger partial charge in [0.2, 0.25) is 0 Å². The Bertz CT molecular complexity index is 1140. The largest absolute Gasteiger partial charge is 0.497 e. The van der Waals surface area contributed by atoms with Gasteiger partial charge in [-0.25, -0.2) is 0 Å². The highest BCUT2D eigenvalue weighted by molar-refractivity contribution is 5.97. The lowest BCUT2D eigenvalue weighted by Crippen LogP contribution is -2.42. The molecule has 3 aromatic rings. The van der Waals surface area contributed by atoms with E-state index >= 15 is 0 Å². The zero-order valence-electron chi connectivity index (χ0n) is 18.7. The Kier molecular flexibility index (Phi) is 6.86. The Morgan fingerprint density at radius 3 is 1.91 bits per heavy atom. The van der Waals surface area contributed by atoms with Gasteiger partial charge in [-0.05, 0) is 49.0 Å². The fraction of sp³-hybridized carbons (Fsp3) is 0.185. The molecular weight excluding hydrogens is 414 g/mol. The van der Waals surface area contributed by atoms with Gasteiger partial charge in [0.15, 0.2) is 0 Å². The van der Waals surface area contributed by atoms with Gasteiger partial charge in [-0.1, -0.05) is 48.5 Å². The fourth-order valence-corrected chi connectivity index (χ4v) is 4.00. The third-order valence-electron chi connectivity index (χ3n) is 5.77. The molecule has 6 nitrogen and oxygen atoms in total. The van der Waals surface area contributed by atoms with E-state index in [-0.39, 0.29) is 17.9 Å². The number of hydrogen-bond donors (Lipinski definition) is 2. The van der Waals surface area contributed by atoms with Gasteiger partial charge >= 0.3 is 0 Å². The van der Waals surface area contributed by atoms with Crippen LogP contribution in [0.25, 0.3) is 0 Å². The summed E-state index contributed by atoms with van der Waals surface area (Å²) in [4.78, 5) is 28.2. The van der Waals surface area contributed by atoms with Crippen molar-refractivity contribution < 1.29 is 14.3 Å². The molecule has 4 rings (SSSR count). The van der Waals surface area contributed by atoms with Crippen LogP contribution in [0.2, 0.25) is 0 Å². The van der Waals surface area contributed by atoms with E-state index in [9.17, 15) is 9.59 Å². The molecule has 0 radical (unpaired) electrons. The maximum atomic E-state index is 13.1. The van der Waals surface area contributed by atoms with E-state index in [4.69, 9.17) is 4.74 Å². The van der Waals surface area contributed by atoms with E-state index in [2.05, 4.69) is 15.5 Å². The van der Waals surface area contributed by atoms with Crippen molar-refractivity contribution in [3.05, 3.63) is 113 Å². The number of amides is 2. The lowest BCUT2D eigenvalue weighted by molar-refractivity contribution is 0.0932. The second-order valence-corrected chi connectivity index (χ2v) is 7.94. The minimum absolute atomic E-state index is 0.199. The molecule has 0 spiro atoms. The molecule has 2 N–H and O–H groups in total. The number of nitrogens with zero attached hydrogens (tertiary/aromatic N) is 1. The molecule has 0 aliphatic carbocycles. The van der Waals surface area contributed by atoms with E-state index < -0.39 is 0 Å². The highest BCUT2D eigenvalue weighted by Gasteiger charge is 2.31. The normalized spacial score (nSPS) is 16.2. The zero-order valence-corrected chi connectivity index (χ0v) is 18.7. The van der Waals surface area contributed by atoms with Crippen LogP contribution in [0.1, 0.15) is 38.7 Å². The van der Waals surface area contributed by atoms with Crippen molar-refractivity contribution in [2.75, 3.05) is 20.7 Å². The van der Waals surface area contributed by atoms with Crippen molar-refractivity contribution in [2.45, 2.75) is 12.5 Å². The smallest absolute Gasteiger partial charge is 0.255 e. The second kappa shape index (κ2) is 10.1. The average molecular weight is 442 g/mol. The number of hydrogen-bond acceptors (Lipinski definition) is 4. The number of methoxy groups -OCH3 is 1. The van der Waals surface area contributed by atoms with Crippen LogP contribution in [-0.4, -0.2) is 37.4 Å². The second-order valence-electron chi connectivity index (χ2n) is 7.94. The van der Waals surface area contributed by atoms with E-state index in [1.807, 2.05) is 67.7 Å². The fourth-order valence-electron chi connectivity index (χ4n) is 4.00. The van der Waals surface area contributed by atoms with Crippen LogP contribution in [0.15, 0.2) is 96.3 Å². The summed E-state index contributed by atoms with van der Waals surface area (Å²) in [6.45, 7) is 0.728.